The van der Waals surface area contributed by atoms with Gasteiger partial charge in [-0.25, -0.2) is 8.42 Å². The van der Waals surface area contributed by atoms with Gasteiger partial charge in [0, 0.05) is 12.1 Å². The van der Waals surface area contributed by atoms with Crippen molar-refractivity contribution in [3.05, 3.63) is 29.8 Å². The molecule has 22 heavy (non-hydrogen) atoms. The van der Waals surface area contributed by atoms with Gasteiger partial charge in [0.05, 0.1) is 4.90 Å². The number of hydrogen-bond acceptors (Lipinski definition) is 5. The molecule has 1 aromatic carbocycles. The van der Waals surface area contributed by atoms with Crippen molar-refractivity contribution >= 4 is 33.5 Å². The Morgan fingerprint density at radius 1 is 1.41 bits per heavy atom. The van der Waals surface area contributed by atoms with Crippen LogP contribution in [0.1, 0.15) is 18.9 Å². The number of carbonyl (C=O) groups is 1. The number of carbonyl (C=O) groups excluding carboxylic acids is 1. The van der Waals surface area contributed by atoms with Gasteiger partial charge in [0.1, 0.15) is 11.9 Å². The Bertz CT molecular complexity index is 686. The smallest absolute Gasteiger partial charge is 0.263 e. The average molecular weight is 341 g/mol. The Balaban J connectivity index is 2.35. The molecule has 1 amide bonds. The van der Waals surface area contributed by atoms with Crippen molar-refractivity contribution in [2.24, 2.45) is 4.99 Å². The van der Waals surface area contributed by atoms with Crippen LogP contribution in [0, 0.1) is 0 Å². The quantitative estimate of drug-likeness (QED) is 0.807. The topological polar surface area (TPSA) is 87.6 Å². The largest absolute Gasteiger partial charge is 0.355 e. The van der Waals surface area contributed by atoms with Crippen LogP contribution in [0.25, 0.3) is 0 Å². The highest BCUT2D eigenvalue weighted by atomic mass is 32.2. The third-order valence-electron chi connectivity index (χ3n) is 3.20. The van der Waals surface area contributed by atoms with E-state index in [-0.39, 0.29) is 16.6 Å². The Kier molecular flexibility index (Phi) is 5.47. The van der Waals surface area contributed by atoms with Crippen LogP contribution in [0.3, 0.4) is 0 Å². The molecule has 0 saturated heterocycles. The molecular formula is C14H19N3O3S2. The zero-order valence-corrected chi connectivity index (χ0v) is 14.1. The molecule has 8 heteroatoms. The Hall–Kier alpha value is -1.54. The van der Waals surface area contributed by atoms with E-state index in [1.807, 2.05) is 13.2 Å². The number of sulfonamides is 1. The Labute approximate surface area is 134 Å². The number of nitrogens with one attached hydrogen (secondary N) is 2. The summed E-state index contributed by atoms with van der Waals surface area (Å²) in [5, 5.41) is 2.74. The van der Waals surface area contributed by atoms with E-state index in [9.17, 15) is 13.2 Å². The third kappa shape index (κ3) is 3.61. The van der Waals surface area contributed by atoms with Gasteiger partial charge in [0.2, 0.25) is 5.91 Å². The molecule has 0 aliphatic carbocycles. The summed E-state index contributed by atoms with van der Waals surface area (Å²) in [5.41, 5.74) is 0.515. The second-order valence-corrected chi connectivity index (χ2v) is 7.41. The summed E-state index contributed by atoms with van der Waals surface area (Å²) in [6.07, 6.45) is 2.51. The second-order valence-electron chi connectivity index (χ2n) is 4.77. The molecule has 0 radical (unpaired) electrons. The normalized spacial score (nSPS) is 18.5. The SMILES string of the molecule is CCNC(=O)[C@@H](CCSC)N=C1NS(=O)(=O)c2ccccc21. The van der Waals surface area contributed by atoms with E-state index < -0.39 is 16.1 Å². The molecule has 0 fully saturated rings. The lowest BCUT2D eigenvalue weighted by Gasteiger charge is -2.12. The van der Waals surface area contributed by atoms with Crippen molar-refractivity contribution in [3.8, 4) is 0 Å². The predicted octanol–water partition coefficient (Wildman–Crippen LogP) is 0.983. The van der Waals surface area contributed by atoms with E-state index in [0.29, 0.717) is 18.5 Å². The van der Waals surface area contributed by atoms with Gasteiger partial charge in [0.15, 0.2) is 0 Å². The lowest BCUT2D eigenvalue weighted by atomic mass is 10.2. The summed E-state index contributed by atoms with van der Waals surface area (Å²) >= 11 is 1.62. The molecule has 1 atom stereocenters. The predicted molar refractivity (Wildman–Crippen MR) is 88.8 cm³/mol. The molecule has 0 saturated carbocycles. The molecule has 0 unspecified atom stereocenters. The van der Waals surface area contributed by atoms with E-state index in [1.165, 1.54) is 6.07 Å². The molecule has 120 valence electrons. The Morgan fingerprint density at radius 3 is 2.82 bits per heavy atom. The maximum absolute atomic E-state index is 12.1. The van der Waals surface area contributed by atoms with E-state index in [1.54, 1.807) is 30.0 Å². The van der Waals surface area contributed by atoms with Crippen LogP contribution in [0.5, 0.6) is 0 Å². The van der Waals surface area contributed by atoms with Gasteiger partial charge in [-0.3, -0.25) is 14.5 Å². The first-order valence-corrected chi connectivity index (χ1v) is 9.84. The van der Waals surface area contributed by atoms with Crippen molar-refractivity contribution in [1.29, 1.82) is 0 Å². The van der Waals surface area contributed by atoms with Gasteiger partial charge < -0.3 is 5.32 Å². The number of hydrogen-bond donors (Lipinski definition) is 2. The first-order chi connectivity index (χ1) is 10.5. The molecule has 6 nitrogen and oxygen atoms in total. The maximum atomic E-state index is 12.1. The van der Waals surface area contributed by atoms with Crippen LogP contribution in [-0.4, -0.2) is 44.8 Å². The molecule has 0 aromatic heterocycles. The molecule has 1 aliphatic heterocycles. The number of aliphatic imine (C=N–C) groups is 1. The number of benzene rings is 1. The number of likely N-dealkylation sites (N-methyl/N-ethyl adjacent to an activating group) is 1. The van der Waals surface area contributed by atoms with Crippen LogP contribution in [0.15, 0.2) is 34.2 Å². The number of rotatable bonds is 6. The highest BCUT2D eigenvalue weighted by molar-refractivity contribution is 7.98. The minimum atomic E-state index is -3.58. The maximum Gasteiger partial charge on any atom is 0.263 e. The first kappa shape index (κ1) is 16.8. The minimum absolute atomic E-state index is 0.187. The lowest BCUT2D eigenvalue weighted by Crippen LogP contribution is -2.35. The van der Waals surface area contributed by atoms with E-state index in [0.717, 1.165) is 5.75 Å². The van der Waals surface area contributed by atoms with Crippen molar-refractivity contribution in [2.45, 2.75) is 24.3 Å². The second kappa shape index (κ2) is 7.15. The standard InChI is InChI=1S/C14H19N3O3S2/c1-3-15-14(18)11(8-9-21-2)16-13-10-6-4-5-7-12(10)22(19,20)17-13/h4-7,11H,3,8-9H2,1-2H3,(H,15,18)(H,16,17)/t11-/m1/s1. The molecule has 1 aliphatic rings. The van der Waals surface area contributed by atoms with Crippen LogP contribution in [-0.2, 0) is 14.8 Å². The highest BCUT2D eigenvalue weighted by Gasteiger charge is 2.31. The number of fused-ring (bicyclic) bond motifs is 1. The number of thioether (sulfide) groups is 1. The molecule has 1 aromatic rings. The lowest BCUT2D eigenvalue weighted by molar-refractivity contribution is -0.122. The van der Waals surface area contributed by atoms with E-state index in [2.05, 4.69) is 15.0 Å². The molecule has 0 bridgehead atoms. The first-order valence-electron chi connectivity index (χ1n) is 6.96. The average Bonchev–Trinajstić information content (AvgIpc) is 2.75. The van der Waals surface area contributed by atoms with Gasteiger partial charge >= 0.3 is 0 Å². The summed E-state index contributed by atoms with van der Waals surface area (Å²) in [6, 6.07) is 6.03. The van der Waals surface area contributed by atoms with Crippen LogP contribution in [0.4, 0.5) is 0 Å². The molecule has 2 rings (SSSR count). The molecule has 2 N–H and O–H groups in total. The summed E-state index contributed by atoms with van der Waals surface area (Å²) in [4.78, 5) is 16.7. The van der Waals surface area contributed by atoms with E-state index >= 15 is 0 Å². The van der Waals surface area contributed by atoms with E-state index in [4.69, 9.17) is 0 Å². The number of amides is 1. The zero-order chi connectivity index (χ0) is 16.2. The molecular weight excluding hydrogens is 322 g/mol. The molecule has 0 spiro atoms. The summed E-state index contributed by atoms with van der Waals surface area (Å²) < 4.78 is 26.6. The fourth-order valence-electron chi connectivity index (χ4n) is 2.16. The third-order valence-corrected chi connectivity index (χ3v) is 5.24. The summed E-state index contributed by atoms with van der Waals surface area (Å²) in [5.74, 6) is 0.827. The zero-order valence-electron chi connectivity index (χ0n) is 12.5. The number of nitrogens with zero attached hydrogens (tertiary/aromatic N) is 1. The van der Waals surface area contributed by atoms with Crippen LogP contribution < -0.4 is 10.0 Å². The summed E-state index contributed by atoms with van der Waals surface area (Å²) in [6.45, 7) is 2.35. The van der Waals surface area contributed by atoms with Crippen molar-refractivity contribution in [2.75, 3.05) is 18.6 Å². The monoisotopic (exact) mass is 341 g/mol. The minimum Gasteiger partial charge on any atom is -0.355 e. The van der Waals surface area contributed by atoms with Crippen molar-refractivity contribution in [3.63, 3.8) is 0 Å². The fourth-order valence-corrected chi connectivity index (χ4v) is 3.86. The molecule has 1 heterocycles. The van der Waals surface area contributed by atoms with Crippen LogP contribution >= 0.6 is 11.8 Å². The van der Waals surface area contributed by atoms with Gasteiger partial charge in [-0.1, -0.05) is 12.1 Å². The van der Waals surface area contributed by atoms with Gasteiger partial charge in [0.25, 0.3) is 10.0 Å². The van der Waals surface area contributed by atoms with Gasteiger partial charge in [-0.2, -0.15) is 11.8 Å². The van der Waals surface area contributed by atoms with Crippen molar-refractivity contribution in [1.82, 2.24) is 10.0 Å². The summed E-state index contributed by atoms with van der Waals surface area (Å²) in [7, 11) is -3.58. The van der Waals surface area contributed by atoms with Gasteiger partial charge in [-0.05, 0) is 37.5 Å². The van der Waals surface area contributed by atoms with Gasteiger partial charge in [-0.15, -0.1) is 0 Å². The fraction of sp³-hybridized carbons (Fsp3) is 0.429. The Morgan fingerprint density at radius 2 is 2.14 bits per heavy atom. The van der Waals surface area contributed by atoms with Crippen LogP contribution in [0.2, 0.25) is 0 Å². The van der Waals surface area contributed by atoms with Crippen molar-refractivity contribution < 1.29 is 13.2 Å². The highest BCUT2D eigenvalue weighted by Crippen LogP contribution is 2.23. The number of amidine groups is 1.